The smallest absolute Gasteiger partial charge is 0.304 e. The van der Waals surface area contributed by atoms with Crippen LogP contribution in [0.1, 0.15) is 35.2 Å². The van der Waals surface area contributed by atoms with Gasteiger partial charge in [-0.2, -0.15) is 5.26 Å². The molecule has 3 aromatic rings. The quantitative estimate of drug-likeness (QED) is 0.713. The number of carboxylic acids is 1. The van der Waals surface area contributed by atoms with Crippen molar-refractivity contribution in [2.24, 2.45) is 0 Å². The summed E-state index contributed by atoms with van der Waals surface area (Å²) in [5.41, 5.74) is 2.57. The third-order valence-corrected chi connectivity index (χ3v) is 4.16. The van der Waals surface area contributed by atoms with Gasteiger partial charge in [-0.05, 0) is 23.3 Å². The minimum absolute atomic E-state index is 0.192. The maximum absolute atomic E-state index is 11.4. The fourth-order valence-electron chi connectivity index (χ4n) is 2.98. The number of rotatable bonds is 6. The number of carbonyl (C=O) groups is 1. The van der Waals surface area contributed by atoms with Gasteiger partial charge < -0.3 is 14.3 Å². The molecular weight excluding hydrogens is 346 g/mol. The maximum atomic E-state index is 11.4. The van der Waals surface area contributed by atoms with E-state index in [1.807, 2.05) is 12.1 Å². The van der Waals surface area contributed by atoms with Gasteiger partial charge >= 0.3 is 5.97 Å². The van der Waals surface area contributed by atoms with Crippen LogP contribution in [0.25, 0.3) is 11.1 Å². The Bertz CT molecular complexity index is 1020. The van der Waals surface area contributed by atoms with E-state index in [2.05, 4.69) is 16.3 Å². The van der Waals surface area contributed by atoms with Crippen LogP contribution < -0.4 is 4.74 Å². The molecule has 1 heterocycles. The van der Waals surface area contributed by atoms with Gasteiger partial charge in [-0.3, -0.25) is 4.79 Å². The molecule has 1 atom stereocenters. The lowest BCUT2D eigenvalue weighted by Gasteiger charge is -2.15. The van der Waals surface area contributed by atoms with Gasteiger partial charge in [0.1, 0.15) is 5.75 Å². The van der Waals surface area contributed by atoms with Gasteiger partial charge in [-0.15, -0.1) is 10.2 Å². The lowest BCUT2D eigenvalue weighted by Crippen LogP contribution is -2.08. The van der Waals surface area contributed by atoms with E-state index in [0.29, 0.717) is 28.3 Å². The van der Waals surface area contributed by atoms with Gasteiger partial charge in [-0.25, -0.2) is 0 Å². The second kappa shape index (κ2) is 7.70. The standard InChI is InChI=1S/C20H17N3O4/c1-12-22-23-20(27-12)16(10-18(24)25)13-5-3-6-14(9-13)19-15(11-21)7-4-8-17(19)26-2/h3-9,16H,10H2,1-2H3,(H,24,25). The molecule has 0 aliphatic rings. The third-order valence-electron chi connectivity index (χ3n) is 4.16. The van der Waals surface area contributed by atoms with Gasteiger partial charge in [0, 0.05) is 12.5 Å². The SMILES string of the molecule is COc1cccc(C#N)c1-c1cccc(C(CC(=O)O)c2nnc(C)o2)c1. The van der Waals surface area contributed by atoms with Gasteiger partial charge in [0.2, 0.25) is 11.8 Å². The fraction of sp³-hybridized carbons (Fsp3) is 0.200. The molecule has 1 aromatic heterocycles. The normalized spacial score (nSPS) is 11.6. The van der Waals surface area contributed by atoms with Crippen molar-refractivity contribution in [2.75, 3.05) is 7.11 Å². The average Bonchev–Trinajstić information content (AvgIpc) is 3.11. The van der Waals surface area contributed by atoms with Crippen LogP contribution in [0.2, 0.25) is 0 Å². The van der Waals surface area contributed by atoms with E-state index in [1.54, 1.807) is 37.3 Å². The van der Waals surface area contributed by atoms with Crippen molar-refractivity contribution < 1.29 is 19.1 Å². The first-order chi connectivity index (χ1) is 13.0. The number of hydrogen-bond acceptors (Lipinski definition) is 6. The number of methoxy groups -OCH3 is 1. The zero-order valence-corrected chi connectivity index (χ0v) is 14.8. The Balaban J connectivity index is 2.12. The summed E-state index contributed by atoms with van der Waals surface area (Å²) in [7, 11) is 1.54. The lowest BCUT2D eigenvalue weighted by atomic mass is 9.91. The summed E-state index contributed by atoms with van der Waals surface area (Å²) in [6.45, 7) is 1.65. The molecule has 7 heteroatoms. The fourth-order valence-corrected chi connectivity index (χ4v) is 2.98. The first kappa shape index (κ1) is 18.1. The van der Waals surface area contributed by atoms with Crippen LogP contribution in [0.3, 0.4) is 0 Å². The van der Waals surface area contributed by atoms with Gasteiger partial charge in [0.05, 0.1) is 31.1 Å². The average molecular weight is 363 g/mol. The minimum atomic E-state index is -0.976. The van der Waals surface area contributed by atoms with Crippen LogP contribution in [0.5, 0.6) is 5.75 Å². The van der Waals surface area contributed by atoms with Crippen molar-refractivity contribution in [3.8, 4) is 22.9 Å². The number of nitriles is 1. The van der Waals surface area contributed by atoms with Crippen molar-refractivity contribution in [2.45, 2.75) is 19.3 Å². The van der Waals surface area contributed by atoms with E-state index in [4.69, 9.17) is 9.15 Å². The maximum Gasteiger partial charge on any atom is 0.304 e. The molecule has 0 fully saturated rings. The molecule has 0 saturated carbocycles. The highest BCUT2D eigenvalue weighted by molar-refractivity contribution is 5.77. The minimum Gasteiger partial charge on any atom is -0.496 e. The topological polar surface area (TPSA) is 109 Å². The monoisotopic (exact) mass is 363 g/mol. The molecule has 0 saturated heterocycles. The highest BCUT2D eigenvalue weighted by atomic mass is 16.5. The summed E-state index contributed by atoms with van der Waals surface area (Å²) >= 11 is 0. The van der Waals surface area contributed by atoms with E-state index >= 15 is 0 Å². The molecule has 0 amide bonds. The molecule has 0 radical (unpaired) electrons. The molecule has 3 rings (SSSR count). The van der Waals surface area contributed by atoms with Crippen molar-refractivity contribution in [3.05, 3.63) is 65.4 Å². The van der Waals surface area contributed by atoms with Crippen LogP contribution in [-0.4, -0.2) is 28.4 Å². The molecule has 1 N–H and O–H groups in total. The summed E-state index contributed by atoms with van der Waals surface area (Å²) in [6, 6.07) is 14.7. The first-order valence-electron chi connectivity index (χ1n) is 8.22. The Morgan fingerprint density at radius 1 is 1.30 bits per heavy atom. The van der Waals surface area contributed by atoms with Crippen molar-refractivity contribution in [3.63, 3.8) is 0 Å². The van der Waals surface area contributed by atoms with E-state index < -0.39 is 11.9 Å². The molecule has 0 aliphatic carbocycles. The highest BCUT2D eigenvalue weighted by Crippen LogP contribution is 2.36. The van der Waals surface area contributed by atoms with Crippen molar-refractivity contribution >= 4 is 5.97 Å². The van der Waals surface area contributed by atoms with E-state index in [1.165, 1.54) is 7.11 Å². The molecule has 0 spiro atoms. The van der Waals surface area contributed by atoms with Crippen LogP contribution >= 0.6 is 0 Å². The predicted octanol–water partition coefficient (Wildman–Crippen LogP) is 3.53. The highest BCUT2D eigenvalue weighted by Gasteiger charge is 2.24. The van der Waals surface area contributed by atoms with Gasteiger partial charge in [0.25, 0.3) is 0 Å². The van der Waals surface area contributed by atoms with Crippen molar-refractivity contribution in [1.82, 2.24) is 10.2 Å². The molecule has 2 aromatic carbocycles. The zero-order valence-electron chi connectivity index (χ0n) is 14.8. The third kappa shape index (κ3) is 3.80. The Morgan fingerprint density at radius 2 is 2.07 bits per heavy atom. The second-order valence-corrected chi connectivity index (χ2v) is 5.93. The molecule has 136 valence electrons. The number of carboxylic acid groups (broad SMARTS) is 1. The number of aliphatic carboxylic acids is 1. The molecule has 0 aliphatic heterocycles. The summed E-state index contributed by atoms with van der Waals surface area (Å²) in [6.07, 6.45) is -0.192. The van der Waals surface area contributed by atoms with E-state index in [-0.39, 0.29) is 12.3 Å². The second-order valence-electron chi connectivity index (χ2n) is 5.93. The summed E-state index contributed by atoms with van der Waals surface area (Å²) < 4.78 is 10.9. The summed E-state index contributed by atoms with van der Waals surface area (Å²) in [5, 5.41) is 26.6. The Morgan fingerprint density at radius 3 is 2.70 bits per heavy atom. The van der Waals surface area contributed by atoms with Crippen LogP contribution in [0, 0.1) is 18.3 Å². The molecule has 7 nitrogen and oxygen atoms in total. The number of benzene rings is 2. The molecule has 0 bridgehead atoms. The van der Waals surface area contributed by atoms with Crippen LogP contribution in [-0.2, 0) is 4.79 Å². The Kier molecular flexibility index (Phi) is 5.18. The van der Waals surface area contributed by atoms with Crippen LogP contribution in [0.4, 0.5) is 0 Å². The Hall–Kier alpha value is -3.66. The number of ether oxygens (including phenoxy) is 1. The number of aromatic nitrogens is 2. The molecule has 1 unspecified atom stereocenters. The predicted molar refractivity (Wildman–Crippen MR) is 96.3 cm³/mol. The number of nitrogens with zero attached hydrogens (tertiary/aromatic N) is 3. The van der Waals surface area contributed by atoms with E-state index in [9.17, 15) is 15.2 Å². The lowest BCUT2D eigenvalue weighted by molar-refractivity contribution is -0.137. The molecule has 27 heavy (non-hydrogen) atoms. The summed E-state index contributed by atoms with van der Waals surface area (Å²) in [5.74, 6) is -0.393. The van der Waals surface area contributed by atoms with Gasteiger partial charge in [0.15, 0.2) is 0 Å². The largest absolute Gasteiger partial charge is 0.496 e. The number of aryl methyl sites for hydroxylation is 1. The van der Waals surface area contributed by atoms with Crippen LogP contribution in [0.15, 0.2) is 46.9 Å². The molecular formula is C20H17N3O4. The first-order valence-corrected chi connectivity index (χ1v) is 8.22. The summed E-state index contributed by atoms with van der Waals surface area (Å²) in [4.78, 5) is 11.4. The zero-order chi connectivity index (χ0) is 19.4. The van der Waals surface area contributed by atoms with Gasteiger partial charge in [-0.1, -0.05) is 30.3 Å². The number of hydrogen-bond donors (Lipinski definition) is 1. The Labute approximate surface area is 155 Å². The van der Waals surface area contributed by atoms with Crippen molar-refractivity contribution in [1.29, 1.82) is 5.26 Å². The van der Waals surface area contributed by atoms with E-state index in [0.717, 1.165) is 5.56 Å².